The first-order valence-electron chi connectivity index (χ1n) is 6.22. The van der Waals surface area contributed by atoms with Gasteiger partial charge in [-0.3, -0.25) is 4.98 Å². The minimum atomic E-state index is 0.440. The van der Waals surface area contributed by atoms with Gasteiger partial charge in [0.05, 0.1) is 12.5 Å². The molecule has 0 atom stereocenters. The summed E-state index contributed by atoms with van der Waals surface area (Å²) >= 11 is 0. The second-order valence-electron chi connectivity index (χ2n) is 4.55. The van der Waals surface area contributed by atoms with Crippen molar-refractivity contribution in [1.82, 2.24) is 10.3 Å². The van der Waals surface area contributed by atoms with E-state index >= 15 is 0 Å². The molecule has 0 amide bonds. The van der Waals surface area contributed by atoms with Crippen LogP contribution in [-0.2, 0) is 13.2 Å². The van der Waals surface area contributed by atoms with Gasteiger partial charge in [0.25, 0.3) is 0 Å². The van der Waals surface area contributed by atoms with Gasteiger partial charge in [-0.2, -0.15) is 0 Å². The van der Waals surface area contributed by atoms with Crippen molar-refractivity contribution in [2.75, 3.05) is 0 Å². The maximum atomic E-state index is 5.57. The quantitative estimate of drug-likeness (QED) is 0.848. The van der Waals surface area contributed by atoms with Crippen LogP contribution in [0, 0.1) is 0 Å². The molecule has 2 aromatic heterocycles. The molecule has 0 saturated heterocycles. The third kappa shape index (κ3) is 3.11. The van der Waals surface area contributed by atoms with Crippen LogP contribution in [0.4, 0.5) is 0 Å². The van der Waals surface area contributed by atoms with E-state index in [1.165, 1.54) is 18.4 Å². The van der Waals surface area contributed by atoms with Crippen molar-refractivity contribution in [3.8, 4) is 5.75 Å². The van der Waals surface area contributed by atoms with Crippen LogP contribution in [0.2, 0.25) is 0 Å². The fourth-order valence-corrected chi connectivity index (χ4v) is 1.73. The van der Waals surface area contributed by atoms with Crippen molar-refractivity contribution < 1.29 is 9.15 Å². The molecule has 1 fully saturated rings. The highest BCUT2D eigenvalue weighted by atomic mass is 16.5. The van der Waals surface area contributed by atoms with Gasteiger partial charge in [0.1, 0.15) is 18.1 Å². The van der Waals surface area contributed by atoms with E-state index in [4.69, 9.17) is 9.15 Å². The molecule has 0 spiro atoms. The number of pyridine rings is 1. The fraction of sp³-hybridized carbons (Fsp3) is 0.357. The number of aromatic nitrogens is 1. The molecule has 4 nitrogen and oxygen atoms in total. The third-order valence-corrected chi connectivity index (χ3v) is 2.90. The van der Waals surface area contributed by atoms with Crippen LogP contribution in [0.5, 0.6) is 5.75 Å². The number of hydrogen-bond donors (Lipinski definition) is 1. The highest BCUT2D eigenvalue weighted by Crippen LogP contribution is 2.20. The number of ether oxygens (including phenoxy) is 1. The van der Waals surface area contributed by atoms with E-state index in [1.54, 1.807) is 18.7 Å². The SMILES string of the molecule is c1cncc(OCc2cc(CNC3CC3)co2)c1. The zero-order valence-electron chi connectivity index (χ0n) is 10.1. The summed E-state index contributed by atoms with van der Waals surface area (Å²) in [7, 11) is 0. The van der Waals surface area contributed by atoms with E-state index in [9.17, 15) is 0 Å². The molecule has 1 saturated carbocycles. The molecule has 0 unspecified atom stereocenters. The standard InChI is InChI=1S/C14H16N2O2/c1-2-13(8-15-5-1)18-10-14-6-11(9-17-14)7-16-12-3-4-12/h1-2,5-6,8-9,12,16H,3-4,7,10H2. The van der Waals surface area contributed by atoms with E-state index in [2.05, 4.69) is 10.3 Å². The molecule has 0 aliphatic heterocycles. The average molecular weight is 244 g/mol. The smallest absolute Gasteiger partial charge is 0.146 e. The summed E-state index contributed by atoms with van der Waals surface area (Å²) in [5.74, 6) is 1.60. The molecule has 2 aromatic rings. The van der Waals surface area contributed by atoms with Crippen LogP contribution in [0.1, 0.15) is 24.2 Å². The Kier molecular flexibility index (Phi) is 3.28. The highest BCUT2D eigenvalue weighted by Gasteiger charge is 2.20. The first kappa shape index (κ1) is 11.3. The summed E-state index contributed by atoms with van der Waals surface area (Å²) in [6.07, 6.45) is 7.81. The first-order valence-corrected chi connectivity index (χ1v) is 6.22. The number of rotatable bonds is 6. The van der Waals surface area contributed by atoms with Gasteiger partial charge in [0, 0.05) is 24.3 Å². The predicted octanol–water partition coefficient (Wildman–Crippen LogP) is 2.51. The number of nitrogens with one attached hydrogen (secondary N) is 1. The Labute approximate surface area is 106 Å². The molecule has 18 heavy (non-hydrogen) atoms. The zero-order chi connectivity index (χ0) is 12.2. The first-order chi connectivity index (χ1) is 8.90. The van der Waals surface area contributed by atoms with E-state index in [0.29, 0.717) is 6.61 Å². The molecule has 3 rings (SSSR count). The topological polar surface area (TPSA) is 47.3 Å². The summed E-state index contributed by atoms with van der Waals surface area (Å²) in [5, 5.41) is 3.45. The molecule has 0 radical (unpaired) electrons. The van der Waals surface area contributed by atoms with Crippen molar-refractivity contribution in [3.63, 3.8) is 0 Å². The third-order valence-electron chi connectivity index (χ3n) is 2.90. The second kappa shape index (κ2) is 5.23. The number of furan rings is 1. The van der Waals surface area contributed by atoms with Crippen LogP contribution in [0.25, 0.3) is 0 Å². The predicted molar refractivity (Wildman–Crippen MR) is 67.1 cm³/mol. The van der Waals surface area contributed by atoms with Crippen molar-refractivity contribution in [2.24, 2.45) is 0 Å². The number of nitrogens with zero attached hydrogens (tertiary/aromatic N) is 1. The molecular formula is C14H16N2O2. The van der Waals surface area contributed by atoms with Crippen molar-refractivity contribution >= 4 is 0 Å². The molecule has 0 bridgehead atoms. The van der Waals surface area contributed by atoms with Crippen molar-refractivity contribution in [1.29, 1.82) is 0 Å². The molecule has 4 heteroatoms. The lowest BCUT2D eigenvalue weighted by molar-refractivity contribution is 0.269. The minimum Gasteiger partial charge on any atom is -0.484 e. The largest absolute Gasteiger partial charge is 0.484 e. The summed E-state index contributed by atoms with van der Waals surface area (Å²) < 4.78 is 11.0. The zero-order valence-corrected chi connectivity index (χ0v) is 10.1. The van der Waals surface area contributed by atoms with Gasteiger partial charge >= 0.3 is 0 Å². The maximum absolute atomic E-state index is 5.57. The molecule has 1 aliphatic rings. The van der Waals surface area contributed by atoms with Gasteiger partial charge < -0.3 is 14.5 Å². The number of hydrogen-bond acceptors (Lipinski definition) is 4. The fourth-order valence-electron chi connectivity index (χ4n) is 1.73. The van der Waals surface area contributed by atoms with E-state index in [1.807, 2.05) is 18.2 Å². The van der Waals surface area contributed by atoms with Crippen molar-refractivity contribution in [3.05, 3.63) is 48.2 Å². The Bertz CT molecular complexity index is 492. The van der Waals surface area contributed by atoms with E-state index in [-0.39, 0.29) is 0 Å². The Morgan fingerprint density at radius 2 is 2.39 bits per heavy atom. The Balaban J connectivity index is 1.50. The summed E-state index contributed by atoms with van der Waals surface area (Å²) in [5.41, 5.74) is 1.17. The van der Waals surface area contributed by atoms with Gasteiger partial charge in [-0.05, 0) is 31.0 Å². The lowest BCUT2D eigenvalue weighted by Crippen LogP contribution is -2.14. The van der Waals surface area contributed by atoms with Crippen LogP contribution in [-0.4, -0.2) is 11.0 Å². The van der Waals surface area contributed by atoms with Crippen LogP contribution < -0.4 is 10.1 Å². The van der Waals surface area contributed by atoms with Gasteiger partial charge in [0.15, 0.2) is 0 Å². The highest BCUT2D eigenvalue weighted by molar-refractivity contribution is 5.17. The van der Waals surface area contributed by atoms with Crippen molar-refractivity contribution in [2.45, 2.75) is 32.0 Å². The van der Waals surface area contributed by atoms with Gasteiger partial charge in [-0.1, -0.05) is 0 Å². The average Bonchev–Trinajstić information content (AvgIpc) is 3.14. The molecule has 1 aliphatic carbocycles. The normalized spacial score (nSPS) is 14.7. The molecule has 2 heterocycles. The summed E-state index contributed by atoms with van der Waals surface area (Å²) in [4.78, 5) is 3.99. The monoisotopic (exact) mass is 244 g/mol. The lowest BCUT2D eigenvalue weighted by atomic mass is 10.3. The molecule has 94 valence electrons. The Morgan fingerprint density at radius 3 is 3.17 bits per heavy atom. The summed E-state index contributed by atoms with van der Waals surface area (Å²) in [6, 6.07) is 6.48. The Morgan fingerprint density at radius 1 is 1.44 bits per heavy atom. The summed E-state index contributed by atoms with van der Waals surface area (Å²) in [6.45, 7) is 1.32. The molecule has 0 aromatic carbocycles. The van der Waals surface area contributed by atoms with Gasteiger partial charge in [0.2, 0.25) is 0 Å². The van der Waals surface area contributed by atoms with Crippen LogP contribution in [0.3, 0.4) is 0 Å². The molecular weight excluding hydrogens is 228 g/mol. The van der Waals surface area contributed by atoms with Gasteiger partial charge in [-0.15, -0.1) is 0 Å². The second-order valence-corrected chi connectivity index (χ2v) is 4.55. The molecule has 1 N–H and O–H groups in total. The van der Waals surface area contributed by atoms with E-state index < -0.39 is 0 Å². The maximum Gasteiger partial charge on any atom is 0.146 e. The van der Waals surface area contributed by atoms with Gasteiger partial charge in [-0.25, -0.2) is 0 Å². The minimum absolute atomic E-state index is 0.440. The lowest BCUT2D eigenvalue weighted by Gasteiger charge is -2.02. The van der Waals surface area contributed by atoms with E-state index in [0.717, 1.165) is 24.1 Å². The van der Waals surface area contributed by atoms with Crippen LogP contribution in [0.15, 0.2) is 41.3 Å². The van der Waals surface area contributed by atoms with Crippen LogP contribution >= 0.6 is 0 Å². The Hall–Kier alpha value is -1.81.